The van der Waals surface area contributed by atoms with Gasteiger partial charge in [-0.2, -0.15) is 0 Å². The summed E-state index contributed by atoms with van der Waals surface area (Å²) in [5.41, 5.74) is 0.694. The van der Waals surface area contributed by atoms with Gasteiger partial charge in [0.2, 0.25) is 0 Å². The molecule has 1 N–H and O–H groups in total. The SMILES string of the molecule is CC(C)Sc1ccc(C(=O)N2CCC3(CC2)CC3C(=O)O)cc1. The molecular formula is C18H23NO3S. The molecule has 3 rings (SSSR count). The first-order valence-electron chi connectivity index (χ1n) is 8.20. The number of carbonyl (C=O) groups excluding carboxylic acids is 1. The smallest absolute Gasteiger partial charge is 0.307 e. The third kappa shape index (κ3) is 3.39. The van der Waals surface area contributed by atoms with Crippen LogP contribution in [0.25, 0.3) is 0 Å². The normalized spacial score (nSPS) is 22.4. The van der Waals surface area contributed by atoms with E-state index in [1.165, 1.54) is 4.90 Å². The van der Waals surface area contributed by atoms with E-state index in [2.05, 4.69) is 13.8 Å². The number of amides is 1. The van der Waals surface area contributed by atoms with Crippen LogP contribution in [0.5, 0.6) is 0 Å². The zero-order chi connectivity index (χ0) is 16.6. The summed E-state index contributed by atoms with van der Waals surface area (Å²) in [6.07, 6.45) is 2.42. The summed E-state index contributed by atoms with van der Waals surface area (Å²) < 4.78 is 0. The Kier molecular flexibility index (Phi) is 4.41. The van der Waals surface area contributed by atoms with Crippen molar-refractivity contribution in [3.05, 3.63) is 29.8 Å². The molecule has 0 bridgehead atoms. The van der Waals surface area contributed by atoms with Crippen LogP contribution in [0.4, 0.5) is 0 Å². The quantitative estimate of drug-likeness (QED) is 0.857. The van der Waals surface area contributed by atoms with E-state index in [0.717, 1.165) is 24.8 Å². The number of carboxylic acid groups (broad SMARTS) is 1. The summed E-state index contributed by atoms with van der Waals surface area (Å²) in [5, 5.41) is 9.65. The predicted octanol–water partition coefficient (Wildman–Crippen LogP) is 3.51. The van der Waals surface area contributed by atoms with Crippen molar-refractivity contribution in [2.45, 2.75) is 43.3 Å². The van der Waals surface area contributed by atoms with E-state index in [1.54, 1.807) is 11.8 Å². The third-order valence-electron chi connectivity index (χ3n) is 5.01. The lowest BCUT2D eigenvalue weighted by Crippen LogP contribution is -2.40. The van der Waals surface area contributed by atoms with Crippen LogP contribution < -0.4 is 0 Å². The first-order valence-corrected chi connectivity index (χ1v) is 9.08. The van der Waals surface area contributed by atoms with Gasteiger partial charge in [0.05, 0.1) is 5.92 Å². The number of piperidine rings is 1. The largest absolute Gasteiger partial charge is 0.481 e. The Balaban J connectivity index is 1.58. The average molecular weight is 333 g/mol. The summed E-state index contributed by atoms with van der Waals surface area (Å²) in [6, 6.07) is 7.80. The molecule has 1 unspecified atom stereocenters. The molecule has 0 aromatic heterocycles. The van der Waals surface area contributed by atoms with E-state index in [0.29, 0.717) is 18.3 Å². The predicted molar refractivity (Wildman–Crippen MR) is 90.7 cm³/mol. The maximum Gasteiger partial charge on any atom is 0.307 e. The fourth-order valence-corrected chi connectivity index (χ4v) is 4.37. The van der Waals surface area contributed by atoms with E-state index in [9.17, 15) is 9.59 Å². The molecule has 1 aromatic rings. The minimum atomic E-state index is -0.678. The molecular weight excluding hydrogens is 310 g/mol. The number of likely N-dealkylation sites (tertiary alicyclic amines) is 1. The van der Waals surface area contributed by atoms with Gasteiger partial charge in [-0.05, 0) is 48.9 Å². The fourth-order valence-electron chi connectivity index (χ4n) is 3.54. The van der Waals surface area contributed by atoms with E-state index < -0.39 is 5.97 Å². The maximum absolute atomic E-state index is 12.6. The summed E-state index contributed by atoms with van der Waals surface area (Å²) in [4.78, 5) is 26.7. The molecule has 1 aliphatic heterocycles. The minimum absolute atomic E-state index is 0.0274. The molecule has 1 spiro atoms. The van der Waals surface area contributed by atoms with Crippen LogP contribution in [0.1, 0.15) is 43.5 Å². The highest BCUT2D eigenvalue weighted by molar-refractivity contribution is 7.99. The molecule has 1 saturated heterocycles. The second kappa shape index (κ2) is 6.19. The summed E-state index contributed by atoms with van der Waals surface area (Å²) in [7, 11) is 0. The van der Waals surface area contributed by atoms with Gasteiger partial charge in [0.1, 0.15) is 0 Å². The van der Waals surface area contributed by atoms with Crippen molar-refractivity contribution in [3.63, 3.8) is 0 Å². The topological polar surface area (TPSA) is 57.6 Å². The van der Waals surface area contributed by atoms with Gasteiger partial charge >= 0.3 is 5.97 Å². The van der Waals surface area contributed by atoms with Crippen molar-refractivity contribution in [3.8, 4) is 0 Å². The zero-order valence-corrected chi connectivity index (χ0v) is 14.4. The van der Waals surface area contributed by atoms with Crippen molar-refractivity contribution in [2.24, 2.45) is 11.3 Å². The molecule has 1 saturated carbocycles. The first kappa shape index (κ1) is 16.4. The molecule has 1 atom stereocenters. The van der Waals surface area contributed by atoms with E-state index in [1.807, 2.05) is 29.2 Å². The highest BCUT2D eigenvalue weighted by Gasteiger charge is 2.59. The van der Waals surface area contributed by atoms with Gasteiger partial charge in [0, 0.05) is 28.8 Å². The number of thioether (sulfide) groups is 1. The minimum Gasteiger partial charge on any atom is -0.481 e. The zero-order valence-electron chi connectivity index (χ0n) is 13.6. The maximum atomic E-state index is 12.6. The highest BCUT2D eigenvalue weighted by atomic mass is 32.2. The van der Waals surface area contributed by atoms with Crippen LogP contribution >= 0.6 is 11.8 Å². The van der Waals surface area contributed by atoms with Gasteiger partial charge in [-0.3, -0.25) is 9.59 Å². The lowest BCUT2D eigenvalue weighted by Gasteiger charge is -2.32. The number of benzene rings is 1. The molecule has 23 heavy (non-hydrogen) atoms. The van der Waals surface area contributed by atoms with E-state index >= 15 is 0 Å². The molecule has 1 amide bonds. The van der Waals surface area contributed by atoms with Crippen LogP contribution in [0.3, 0.4) is 0 Å². The van der Waals surface area contributed by atoms with Gasteiger partial charge in [0.15, 0.2) is 0 Å². The van der Waals surface area contributed by atoms with Crippen LogP contribution in [-0.4, -0.2) is 40.2 Å². The number of carboxylic acids is 1. The monoisotopic (exact) mass is 333 g/mol. The number of hydrogen-bond acceptors (Lipinski definition) is 3. The lowest BCUT2D eigenvalue weighted by atomic mass is 9.90. The van der Waals surface area contributed by atoms with Gasteiger partial charge in [0.25, 0.3) is 5.91 Å². The Morgan fingerprint density at radius 1 is 1.22 bits per heavy atom. The van der Waals surface area contributed by atoms with Crippen LogP contribution in [-0.2, 0) is 4.79 Å². The molecule has 1 heterocycles. The number of hydrogen-bond donors (Lipinski definition) is 1. The molecule has 124 valence electrons. The molecule has 1 aliphatic carbocycles. The summed E-state index contributed by atoms with van der Waals surface area (Å²) >= 11 is 1.78. The van der Waals surface area contributed by atoms with Crippen LogP contribution in [0.2, 0.25) is 0 Å². The van der Waals surface area contributed by atoms with Crippen LogP contribution in [0, 0.1) is 11.3 Å². The summed E-state index contributed by atoms with van der Waals surface area (Å²) in [6.45, 7) is 5.64. The summed E-state index contributed by atoms with van der Waals surface area (Å²) in [5.74, 6) is -0.802. The molecule has 1 aromatic carbocycles. The number of carbonyl (C=O) groups is 2. The molecule has 2 aliphatic rings. The Labute approximate surface area is 141 Å². The molecule has 5 heteroatoms. The number of aliphatic carboxylic acids is 1. The molecule has 2 fully saturated rings. The van der Waals surface area contributed by atoms with Gasteiger partial charge in [-0.15, -0.1) is 11.8 Å². The fraction of sp³-hybridized carbons (Fsp3) is 0.556. The van der Waals surface area contributed by atoms with Gasteiger partial charge in [-0.25, -0.2) is 0 Å². The third-order valence-corrected chi connectivity index (χ3v) is 6.02. The van der Waals surface area contributed by atoms with Gasteiger partial charge < -0.3 is 10.0 Å². The Morgan fingerprint density at radius 2 is 1.83 bits per heavy atom. The van der Waals surface area contributed by atoms with Gasteiger partial charge in [-0.1, -0.05) is 13.8 Å². The number of nitrogens with zero attached hydrogens (tertiary/aromatic N) is 1. The second-order valence-electron chi connectivity index (χ2n) is 6.94. The van der Waals surface area contributed by atoms with Crippen molar-refractivity contribution in [1.29, 1.82) is 0 Å². The molecule has 4 nitrogen and oxygen atoms in total. The van der Waals surface area contributed by atoms with Crippen LogP contribution in [0.15, 0.2) is 29.2 Å². The van der Waals surface area contributed by atoms with E-state index in [4.69, 9.17) is 5.11 Å². The second-order valence-corrected chi connectivity index (χ2v) is 8.59. The lowest BCUT2D eigenvalue weighted by molar-refractivity contribution is -0.139. The van der Waals surface area contributed by atoms with Crippen molar-refractivity contribution >= 4 is 23.6 Å². The van der Waals surface area contributed by atoms with Crippen molar-refractivity contribution in [2.75, 3.05) is 13.1 Å². The Hall–Kier alpha value is -1.49. The highest BCUT2D eigenvalue weighted by Crippen LogP contribution is 2.59. The number of rotatable bonds is 4. The Morgan fingerprint density at radius 3 is 2.30 bits per heavy atom. The molecule has 0 radical (unpaired) electrons. The standard InChI is InChI=1S/C18H23NO3S/c1-12(2)23-14-5-3-13(4-6-14)16(20)19-9-7-18(8-10-19)11-15(18)17(21)22/h3-6,12,15H,7-11H2,1-2H3,(H,21,22). The van der Waals surface area contributed by atoms with E-state index in [-0.39, 0.29) is 17.2 Å². The van der Waals surface area contributed by atoms with Crippen molar-refractivity contribution < 1.29 is 14.7 Å². The van der Waals surface area contributed by atoms with Crippen molar-refractivity contribution in [1.82, 2.24) is 4.90 Å². The first-order chi connectivity index (χ1) is 10.9. The Bertz CT molecular complexity index is 603. The average Bonchev–Trinajstić information content (AvgIpc) is 3.22.